The van der Waals surface area contributed by atoms with Crippen LogP contribution in [0.5, 0.6) is 0 Å². The maximum atomic E-state index is 4.70. The molecule has 1 aromatic carbocycles. The predicted octanol–water partition coefficient (Wildman–Crippen LogP) is 3.07. The van der Waals surface area contributed by atoms with Gasteiger partial charge < -0.3 is 0 Å². The summed E-state index contributed by atoms with van der Waals surface area (Å²) in [7, 11) is 0. The first-order chi connectivity index (χ1) is 8.72. The molecule has 0 fully saturated rings. The summed E-state index contributed by atoms with van der Waals surface area (Å²) >= 11 is 0. The van der Waals surface area contributed by atoms with E-state index in [9.17, 15) is 0 Å². The summed E-state index contributed by atoms with van der Waals surface area (Å²) in [5, 5.41) is 4.62. The van der Waals surface area contributed by atoms with Crippen molar-refractivity contribution >= 4 is 0 Å². The zero-order valence-electron chi connectivity index (χ0n) is 11.1. The molecule has 0 N–H and O–H groups in total. The third-order valence-electron chi connectivity index (χ3n) is 3.67. The minimum absolute atomic E-state index is 0.554. The molecule has 1 aromatic heterocycles. The third kappa shape index (κ3) is 2.17. The monoisotopic (exact) mass is 241 g/mol. The first-order valence-electron chi connectivity index (χ1n) is 6.71. The van der Waals surface area contributed by atoms with Crippen LogP contribution >= 0.6 is 0 Å². The Morgan fingerprint density at radius 1 is 1.28 bits per heavy atom. The van der Waals surface area contributed by atoms with Crippen LogP contribution in [0.1, 0.15) is 48.5 Å². The summed E-state index contributed by atoms with van der Waals surface area (Å²) in [4.78, 5) is 4.70. The van der Waals surface area contributed by atoms with Crippen molar-refractivity contribution in [1.82, 2.24) is 14.8 Å². The molecule has 0 bridgehead atoms. The van der Waals surface area contributed by atoms with Gasteiger partial charge in [-0.05, 0) is 25.3 Å². The second-order valence-electron chi connectivity index (χ2n) is 5.32. The molecule has 18 heavy (non-hydrogen) atoms. The third-order valence-corrected chi connectivity index (χ3v) is 3.67. The van der Waals surface area contributed by atoms with Gasteiger partial charge in [-0.3, -0.25) is 0 Å². The quantitative estimate of drug-likeness (QED) is 0.809. The van der Waals surface area contributed by atoms with Gasteiger partial charge in [0.15, 0.2) is 5.82 Å². The molecule has 1 aliphatic rings. The molecule has 0 saturated carbocycles. The number of hydrogen-bond donors (Lipinski definition) is 0. The summed E-state index contributed by atoms with van der Waals surface area (Å²) in [5.41, 5.74) is 2.58. The van der Waals surface area contributed by atoms with Crippen LogP contribution in [0.15, 0.2) is 24.3 Å². The molecule has 3 nitrogen and oxygen atoms in total. The molecular weight excluding hydrogens is 222 g/mol. The second kappa shape index (κ2) is 4.56. The van der Waals surface area contributed by atoms with Gasteiger partial charge in [0.25, 0.3) is 0 Å². The van der Waals surface area contributed by atoms with Crippen molar-refractivity contribution in [3.05, 3.63) is 47.0 Å². The number of hydrogen-bond acceptors (Lipinski definition) is 2. The first-order valence-corrected chi connectivity index (χ1v) is 6.71. The van der Waals surface area contributed by atoms with Crippen molar-refractivity contribution < 1.29 is 0 Å². The standard InChI is InChI=1S/C15H19N3/c1-11-5-7-13(8-6-11)10-14-16-15-12(2)4-3-9-18(15)17-14/h5-8,12H,3-4,9-10H2,1-2H3. The van der Waals surface area contributed by atoms with Crippen LogP contribution in [-0.2, 0) is 13.0 Å². The Hall–Kier alpha value is -1.64. The number of nitrogens with zero attached hydrogens (tertiary/aromatic N) is 3. The van der Waals surface area contributed by atoms with Crippen LogP contribution in [0.3, 0.4) is 0 Å². The Morgan fingerprint density at radius 2 is 2.06 bits per heavy atom. The molecule has 0 aliphatic carbocycles. The number of aromatic nitrogens is 3. The lowest BCUT2D eigenvalue weighted by molar-refractivity contribution is 0.431. The molecule has 3 rings (SSSR count). The summed E-state index contributed by atoms with van der Waals surface area (Å²) in [6, 6.07) is 8.62. The molecule has 2 heterocycles. The van der Waals surface area contributed by atoms with E-state index in [-0.39, 0.29) is 0 Å². The minimum atomic E-state index is 0.554. The second-order valence-corrected chi connectivity index (χ2v) is 5.32. The van der Waals surface area contributed by atoms with Crippen LogP contribution < -0.4 is 0 Å². The maximum Gasteiger partial charge on any atom is 0.155 e. The highest BCUT2D eigenvalue weighted by atomic mass is 15.4. The van der Waals surface area contributed by atoms with Crippen LogP contribution in [-0.4, -0.2) is 14.8 Å². The zero-order valence-corrected chi connectivity index (χ0v) is 11.1. The SMILES string of the molecule is Cc1ccc(Cc2nc3n(n2)CCCC3C)cc1. The van der Waals surface area contributed by atoms with Crippen molar-refractivity contribution in [3.63, 3.8) is 0 Å². The number of aryl methyl sites for hydroxylation is 2. The molecule has 0 saturated heterocycles. The van der Waals surface area contributed by atoms with Crippen molar-refractivity contribution in [1.29, 1.82) is 0 Å². The van der Waals surface area contributed by atoms with Gasteiger partial charge in [0.05, 0.1) is 0 Å². The summed E-state index contributed by atoms with van der Waals surface area (Å²) in [5.74, 6) is 2.68. The molecule has 1 atom stereocenters. The topological polar surface area (TPSA) is 30.7 Å². The number of benzene rings is 1. The molecule has 0 spiro atoms. The van der Waals surface area contributed by atoms with E-state index in [0.29, 0.717) is 5.92 Å². The van der Waals surface area contributed by atoms with E-state index in [2.05, 4.69) is 47.9 Å². The predicted molar refractivity (Wildman–Crippen MR) is 71.7 cm³/mol. The Kier molecular flexibility index (Phi) is 2.90. The van der Waals surface area contributed by atoms with Gasteiger partial charge in [-0.2, -0.15) is 5.10 Å². The molecule has 2 aromatic rings. The smallest absolute Gasteiger partial charge is 0.155 e. The average Bonchev–Trinajstić information content (AvgIpc) is 2.76. The van der Waals surface area contributed by atoms with Gasteiger partial charge in [0.1, 0.15) is 5.82 Å². The first kappa shape index (κ1) is 11.5. The van der Waals surface area contributed by atoms with E-state index in [4.69, 9.17) is 4.98 Å². The maximum absolute atomic E-state index is 4.70. The van der Waals surface area contributed by atoms with E-state index in [1.807, 2.05) is 0 Å². The lowest BCUT2D eigenvalue weighted by Crippen LogP contribution is -2.14. The fourth-order valence-corrected chi connectivity index (χ4v) is 2.57. The van der Waals surface area contributed by atoms with Crippen molar-refractivity contribution in [3.8, 4) is 0 Å². The van der Waals surface area contributed by atoms with Gasteiger partial charge >= 0.3 is 0 Å². The largest absolute Gasteiger partial charge is 0.250 e. The van der Waals surface area contributed by atoms with Crippen molar-refractivity contribution in [2.75, 3.05) is 0 Å². The molecule has 94 valence electrons. The Morgan fingerprint density at radius 3 is 2.78 bits per heavy atom. The molecule has 1 unspecified atom stereocenters. The van der Waals surface area contributed by atoms with E-state index in [1.165, 1.54) is 29.8 Å². The molecule has 0 radical (unpaired) electrons. The van der Waals surface area contributed by atoms with Gasteiger partial charge in [-0.25, -0.2) is 9.67 Å². The summed E-state index contributed by atoms with van der Waals surface area (Å²) < 4.78 is 2.09. The highest BCUT2D eigenvalue weighted by molar-refractivity contribution is 5.24. The van der Waals surface area contributed by atoms with Gasteiger partial charge in [-0.15, -0.1) is 0 Å². The minimum Gasteiger partial charge on any atom is -0.250 e. The van der Waals surface area contributed by atoms with Gasteiger partial charge in [-0.1, -0.05) is 36.8 Å². The van der Waals surface area contributed by atoms with Gasteiger partial charge in [0.2, 0.25) is 0 Å². The molecule has 3 heteroatoms. The average molecular weight is 241 g/mol. The van der Waals surface area contributed by atoms with E-state index in [1.54, 1.807) is 0 Å². The number of rotatable bonds is 2. The summed E-state index contributed by atoms with van der Waals surface area (Å²) in [6.07, 6.45) is 3.30. The van der Waals surface area contributed by atoms with E-state index < -0.39 is 0 Å². The zero-order chi connectivity index (χ0) is 12.5. The number of fused-ring (bicyclic) bond motifs is 1. The Balaban J connectivity index is 1.83. The van der Waals surface area contributed by atoms with Gasteiger partial charge in [0, 0.05) is 18.9 Å². The van der Waals surface area contributed by atoms with Crippen LogP contribution in [0, 0.1) is 6.92 Å². The van der Waals surface area contributed by atoms with Crippen molar-refractivity contribution in [2.45, 2.75) is 45.6 Å². The Bertz CT molecular complexity index is 539. The van der Waals surface area contributed by atoms with Crippen molar-refractivity contribution in [2.24, 2.45) is 0 Å². The van der Waals surface area contributed by atoms with Crippen LogP contribution in [0.25, 0.3) is 0 Å². The molecule has 1 aliphatic heterocycles. The highest BCUT2D eigenvalue weighted by Gasteiger charge is 2.20. The highest BCUT2D eigenvalue weighted by Crippen LogP contribution is 2.24. The fraction of sp³-hybridized carbons (Fsp3) is 0.467. The fourth-order valence-electron chi connectivity index (χ4n) is 2.57. The Labute approximate surface area is 108 Å². The lowest BCUT2D eigenvalue weighted by Gasteiger charge is -2.17. The van der Waals surface area contributed by atoms with Crippen LogP contribution in [0.2, 0.25) is 0 Å². The van der Waals surface area contributed by atoms with Crippen LogP contribution in [0.4, 0.5) is 0 Å². The lowest BCUT2D eigenvalue weighted by atomic mass is 10.0. The van der Waals surface area contributed by atoms with E-state index in [0.717, 1.165) is 18.8 Å². The summed E-state index contributed by atoms with van der Waals surface area (Å²) in [6.45, 7) is 5.38. The molecular formula is C15H19N3. The molecule has 0 amide bonds. The normalized spacial score (nSPS) is 18.7. The van der Waals surface area contributed by atoms with E-state index >= 15 is 0 Å².